The van der Waals surface area contributed by atoms with Crippen LogP contribution in [0.1, 0.15) is 26.4 Å². The van der Waals surface area contributed by atoms with Crippen LogP contribution in [0, 0.1) is 5.82 Å². The number of nitrogens with zero attached hydrogens (tertiary/aromatic N) is 2. The minimum Gasteiger partial charge on any atom is -0.489 e. The van der Waals surface area contributed by atoms with E-state index < -0.39 is 33.3 Å². The van der Waals surface area contributed by atoms with Crippen molar-refractivity contribution in [2.75, 3.05) is 13.4 Å². The van der Waals surface area contributed by atoms with E-state index in [4.69, 9.17) is 21.1 Å². The number of esters is 1. The highest BCUT2D eigenvalue weighted by molar-refractivity contribution is 7.89. The Balaban J connectivity index is 1.79. The predicted molar refractivity (Wildman–Crippen MR) is 130 cm³/mol. The third kappa shape index (κ3) is 5.31. The molecule has 12 heteroatoms. The molecule has 0 atom stereocenters. The fourth-order valence-corrected chi connectivity index (χ4v) is 4.14. The van der Waals surface area contributed by atoms with Crippen LogP contribution in [0.4, 0.5) is 4.39 Å². The first-order valence-corrected chi connectivity index (χ1v) is 12.6. The molecule has 0 bridgehead atoms. The fourth-order valence-electron chi connectivity index (χ4n) is 3.45. The van der Waals surface area contributed by atoms with E-state index in [1.54, 1.807) is 22.9 Å². The van der Waals surface area contributed by atoms with E-state index in [2.05, 4.69) is 5.10 Å². The van der Waals surface area contributed by atoms with Crippen LogP contribution in [-0.2, 0) is 21.4 Å². The SMILES string of the molecule is COC(=O)c1nn(-c2cc(F)c(C(=O)NS(C)(=O)=O)cc2Cl)c2cc(OCc3ccccc3)ccc12. The van der Waals surface area contributed by atoms with Gasteiger partial charge in [0, 0.05) is 17.5 Å². The number of sulfonamides is 1. The van der Waals surface area contributed by atoms with Crippen molar-refractivity contribution in [3.63, 3.8) is 0 Å². The van der Waals surface area contributed by atoms with Crippen LogP contribution in [0.3, 0.4) is 0 Å². The van der Waals surface area contributed by atoms with E-state index in [1.165, 1.54) is 11.8 Å². The quantitative estimate of drug-likeness (QED) is 0.360. The molecule has 0 aliphatic heterocycles. The molecule has 186 valence electrons. The molecule has 3 aromatic carbocycles. The molecule has 0 aliphatic rings. The Morgan fingerprint density at radius 1 is 1.11 bits per heavy atom. The van der Waals surface area contributed by atoms with Gasteiger partial charge in [0.2, 0.25) is 10.0 Å². The van der Waals surface area contributed by atoms with Gasteiger partial charge >= 0.3 is 5.97 Å². The van der Waals surface area contributed by atoms with E-state index in [0.717, 1.165) is 24.0 Å². The standard InChI is InChI=1S/C24H19ClFN3O6S/c1-34-24(31)22-16-9-8-15(35-13-14-6-4-3-5-7-14)10-20(16)29(27-22)21-12-19(26)17(11-18(21)25)23(30)28-36(2,32)33/h3-12H,13H2,1-2H3,(H,28,30). The number of halogens is 2. The van der Waals surface area contributed by atoms with E-state index in [9.17, 15) is 22.4 Å². The number of methoxy groups -OCH3 is 1. The second-order valence-corrected chi connectivity index (χ2v) is 9.85. The zero-order valence-electron chi connectivity index (χ0n) is 19.0. The van der Waals surface area contributed by atoms with Crippen molar-refractivity contribution in [1.29, 1.82) is 0 Å². The molecular formula is C24H19ClFN3O6S. The van der Waals surface area contributed by atoms with Gasteiger partial charge in [0.15, 0.2) is 5.69 Å². The molecule has 0 saturated carbocycles. The number of rotatable bonds is 7. The number of carbonyl (C=O) groups is 2. The highest BCUT2D eigenvalue weighted by Gasteiger charge is 2.23. The van der Waals surface area contributed by atoms with Crippen molar-refractivity contribution in [2.45, 2.75) is 6.61 Å². The molecular weight excluding hydrogens is 513 g/mol. The maximum Gasteiger partial charge on any atom is 0.359 e. The van der Waals surface area contributed by atoms with E-state index >= 15 is 0 Å². The van der Waals surface area contributed by atoms with Crippen molar-refractivity contribution >= 4 is 44.4 Å². The minimum atomic E-state index is -3.92. The molecule has 0 radical (unpaired) electrons. The maximum absolute atomic E-state index is 14.9. The average molecular weight is 532 g/mol. The number of nitrogens with one attached hydrogen (secondary N) is 1. The minimum absolute atomic E-state index is 0.00503. The molecule has 9 nitrogen and oxygen atoms in total. The third-order valence-electron chi connectivity index (χ3n) is 5.07. The van der Waals surface area contributed by atoms with Crippen LogP contribution >= 0.6 is 11.6 Å². The lowest BCUT2D eigenvalue weighted by Crippen LogP contribution is -2.30. The topological polar surface area (TPSA) is 117 Å². The van der Waals surface area contributed by atoms with Crippen molar-refractivity contribution in [3.05, 3.63) is 88.3 Å². The summed E-state index contributed by atoms with van der Waals surface area (Å²) in [7, 11) is -2.72. The summed E-state index contributed by atoms with van der Waals surface area (Å²) in [5, 5.41) is 4.54. The zero-order valence-corrected chi connectivity index (χ0v) is 20.6. The Kier molecular flexibility index (Phi) is 6.95. The molecule has 1 amide bonds. The largest absolute Gasteiger partial charge is 0.489 e. The van der Waals surface area contributed by atoms with Crippen molar-refractivity contribution in [1.82, 2.24) is 14.5 Å². The first-order chi connectivity index (χ1) is 17.1. The number of benzene rings is 3. The number of hydrogen-bond donors (Lipinski definition) is 1. The van der Waals surface area contributed by atoms with Crippen LogP contribution in [0.25, 0.3) is 16.6 Å². The highest BCUT2D eigenvalue weighted by atomic mass is 35.5. The number of hydrogen-bond acceptors (Lipinski definition) is 7. The summed E-state index contributed by atoms with van der Waals surface area (Å²) in [5.74, 6) is -2.50. The average Bonchev–Trinajstić information content (AvgIpc) is 3.21. The molecule has 0 unspecified atom stereocenters. The molecule has 0 spiro atoms. The van der Waals surface area contributed by atoms with Crippen LogP contribution in [0.2, 0.25) is 5.02 Å². The molecule has 1 heterocycles. The first kappa shape index (κ1) is 25.1. The van der Waals surface area contributed by atoms with Gasteiger partial charge in [-0.1, -0.05) is 41.9 Å². The second kappa shape index (κ2) is 9.96. The zero-order chi connectivity index (χ0) is 26.0. The number of amides is 1. The predicted octanol–water partition coefficient (Wildman–Crippen LogP) is 3.87. The lowest BCUT2D eigenvalue weighted by atomic mass is 10.1. The Morgan fingerprint density at radius 3 is 2.50 bits per heavy atom. The molecule has 1 aromatic heterocycles. The summed E-state index contributed by atoms with van der Waals surface area (Å²) in [6.07, 6.45) is 0.764. The molecule has 0 fully saturated rings. The maximum atomic E-state index is 14.9. The Hall–Kier alpha value is -3.96. The number of carbonyl (C=O) groups excluding carboxylic acids is 2. The summed E-state index contributed by atoms with van der Waals surface area (Å²) >= 11 is 6.35. The Labute approximate surface area is 210 Å². The van der Waals surface area contributed by atoms with Crippen LogP contribution in [-0.4, -0.2) is 43.4 Å². The normalized spacial score (nSPS) is 11.3. The van der Waals surface area contributed by atoms with Crippen molar-refractivity contribution in [2.24, 2.45) is 0 Å². The monoisotopic (exact) mass is 531 g/mol. The van der Waals surface area contributed by atoms with Crippen LogP contribution in [0.5, 0.6) is 5.75 Å². The molecule has 36 heavy (non-hydrogen) atoms. The molecule has 0 saturated heterocycles. The van der Waals surface area contributed by atoms with Gasteiger partial charge < -0.3 is 9.47 Å². The molecule has 1 N–H and O–H groups in total. The number of ether oxygens (including phenoxy) is 2. The fraction of sp³-hybridized carbons (Fsp3) is 0.125. The van der Waals surface area contributed by atoms with Gasteiger partial charge in [0.05, 0.1) is 35.2 Å². The second-order valence-electron chi connectivity index (χ2n) is 7.69. The van der Waals surface area contributed by atoms with E-state index in [1.807, 2.05) is 30.3 Å². The van der Waals surface area contributed by atoms with Crippen molar-refractivity contribution in [3.8, 4) is 11.4 Å². The number of aromatic nitrogens is 2. The molecule has 0 aliphatic carbocycles. The van der Waals surface area contributed by atoms with E-state index in [-0.39, 0.29) is 23.0 Å². The summed E-state index contributed by atoms with van der Waals surface area (Å²) in [5.41, 5.74) is 0.679. The van der Waals surface area contributed by atoms with Crippen LogP contribution < -0.4 is 9.46 Å². The first-order valence-electron chi connectivity index (χ1n) is 10.4. The Bertz CT molecular complexity index is 1590. The number of fused-ring (bicyclic) bond motifs is 1. The van der Waals surface area contributed by atoms with E-state index in [0.29, 0.717) is 16.7 Å². The van der Waals surface area contributed by atoms with Gasteiger partial charge in [-0.05, 0) is 23.8 Å². The summed E-state index contributed by atoms with van der Waals surface area (Å²) in [6, 6.07) is 16.3. The van der Waals surface area contributed by atoms with Gasteiger partial charge in [-0.3, -0.25) is 4.79 Å². The lowest BCUT2D eigenvalue weighted by Gasteiger charge is -2.11. The third-order valence-corrected chi connectivity index (χ3v) is 5.93. The van der Waals surface area contributed by atoms with Gasteiger partial charge in [-0.25, -0.2) is 27.0 Å². The summed E-state index contributed by atoms with van der Waals surface area (Å²) in [4.78, 5) is 24.5. The smallest absolute Gasteiger partial charge is 0.359 e. The molecule has 4 aromatic rings. The highest BCUT2D eigenvalue weighted by Crippen LogP contribution is 2.31. The van der Waals surface area contributed by atoms with Gasteiger partial charge in [-0.15, -0.1) is 0 Å². The Morgan fingerprint density at radius 2 is 1.83 bits per heavy atom. The summed E-state index contributed by atoms with van der Waals surface area (Å²) in [6.45, 7) is 0.282. The summed E-state index contributed by atoms with van der Waals surface area (Å²) < 4.78 is 51.2. The molecule has 4 rings (SSSR count). The van der Waals surface area contributed by atoms with Crippen molar-refractivity contribution < 1.29 is 31.9 Å². The van der Waals surface area contributed by atoms with Crippen LogP contribution in [0.15, 0.2) is 60.7 Å². The van der Waals surface area contributed by atoms with Gasteiger partial charge in [0.25, 0.3) is 5.91 Å². The van der Waals surface area contributed by atoms with Gasteiger partial charge in [-0.2, -0.15) is 5.10 Å². The van der Waals surface area contributed by atoms with Gasteiger partial charge in [0.1, 0.15) is 18.2 Å². The lowest BCUT2D eigenvalue weighted by molar-refractivity contribution is 0.0595.